The molecule has 0 fully saturated rings. The van der Waals surface area contributed by atoms with Gasteiger partial charge in [-0.2, -0.15) is 5.10 Å². The largest absolute Gasteiger partial charge is 0.396 e. The number of hydrogen-bond acceptors (Lipinski definition) is 2. The van der Waals surface area contributed by atoms with Crippen LogP contribution in [0.25, 0.3) is 0 Å². The Bertz CT molecular complexity index is 204. The first-order chi connectivity index (χ1) is 5.17. The van der Waals surface area contributed by atoms with Crippen LogP contribution in [-0.4, -0.2) is 21.5 Å². The van der Waals surface area contributed by atoms with Crippen LogP contribution < -0.4 is 0 Å². The van der Waals surface area contributed by atoms with Gasteiger partial charge < -0.3 is 5.11 Å². The summed E-state index contributed by atoms with van der Waals surface area (Å²) in [6.45, 7) is 4.30. The lowest BCUT2D eigenvalue weighted by atomic mass is 10.0. The molecular formula is C8H14N2O. The van der Waals surface area contributed by atoms with Crippen LogP contribution in [0.3, 0.4) is 0 Å². The van der Waals surface area contributed by atoms with Crippen molar-refractivity contribution in [3.8, 4) is 0 Å². The summed E-state index contributed by atoms with van der Waals surface area (Å²) in [5.74, 6) is 0. The number of rotatable bonds is 3. The van der Waals surface area contributed by atoms with Crippen molar-refractivity contribution < 1.29 is 5.11 Å². The Morgan fingerprint density at radius 1 is 1.55 bits per heavy atom. The molecule has 1 rings (SSSR count). The molecule has 0 saturated carbocycles. The number of hydrogen-bond donors (Lipinski definition) is 1. The van der Waals surface area contributed by atoms with Gasteiger partial charge in [-0.3, -0.25) is 4.68 Å². The van der Waals surface area contributed by atoms with Gasteiger partial charge in [0.1, 0.15) is 0 Å². The van der Waals surface area contributed by atoms with Crippen LogP contribution in [0.15, 0.2) is 18.5 Å². The molecule has 3 heteroatoms. The van der Waals surface area contributed by atoms with Crippen molar-refractivity contribution >= 4 is 0 Å². The lowest BCUT2D eigenvalue weighted by Gasteiger charge is -2.23. The van der Waals surface area contributed by atoms with Crippen molar-refractivity contribution in [1.29, 1.82) is 0 Å². The van der Waals surface area contributed by atoms with Crippen molar-refractivity contribution in [1.82, 2.24) is 9.78 Å². The predicted octanol–water partition coefficient (Wildman–Crippen LogP) is 1.00. The molecule has 0 amide bonds. The summed E-state index contributed by atoms with van der Waals surface area (Å²) in [7, 11) is 0. The second-order valence-electron chi connectivity index (χ2n) is 3.24. The van der Waals surface area contributed by atoms with E-state index in [0.717, 1.165) is 6.42 Å². The van der Waals surface area contributed by atoms with E-state index < -0.39 is 0 Å². The molecular weight excluding hydrogens is 140 g/mol. The molecule has 0 unspecified atom stereocenters. The summed E-state index contributed by atoms with van der Waals surface area (Å²) >= 11 is 0. The van der Waals surface area contributed by atoms with Crippen molar-refractivity contribution in [2.45, 2.75) is 25.8 Å². The van der Waals surface area contributed by atoms with Gasteiger partial charge >= 0.3 is 0 Å². The molecule has 0 atom stereocenters. The Hall–Kier alpha value is -0.830. The molecule has 0 aromatic carbocycles. The van der Waals surface area contributed by atoms with E-state index in [2.05, 4.69) is 18.9 Å². The molecule has 0 radical (unpaired) electrons. The molecule has 3 nitrogen and oxygen atoms in total. The Morgan fingerprint density at radius 2 is 2.27 bits per heavy atom. The van der Waals surface area contributed by atoms with Gasteiger partial charge in [0.15, 0.2) is 0 Å². The predicted molar refractivity (Wildman–Crippen MR) is 43.3 cm³/mol. The highest BCUT2D eigenvalue weighted by atomic mass is 16.3. The minimum Gasteiger partial charge on any atom is -0.396 e. The van der Waals surface area contributed by atoms with Crippen LogP contribution in [-0.2, 0) is 5.54 Å². The van der Waals surface area contributed by atoms with Crippen molar-refractivity contribution in [2.75, 3.05) is 6.61 Å². The third-order valence-electron chi connectivity index (χ3n) is 1.85. The maximum Gasteiger partial charge on any atom is 0.0593 e. The summed E-state index contributed by atoms with van der Waals surface area (Å²) in [6.07, 6.45) is 4.39. The van der Waals surface area contributed by atoms with Gasteiger partial charge in [0, 0.05) is 19.0 Å². The quantitative estimate of drug-likeness (QED) is 0.705. The second-order valence-corrected chi connectivity index (χ2v) is 3.24. The van der Waals surface area contributed by atoms with Gasteiger partial charge in [-0.1, -0.05) is 0 Å². The SMILES string of the molecule is CC(C)(CCO)n1cccn1. The molecule has 0 aliphatic carbocycles. The van der Waals surface area contributed by atoms with E-state index in [1.54, 1.807) is 6.20 Å². The standard InChI is InChI=1S/C8H14N2O/c1-8(2,4-7-11)10-6-3-5-9-10/h3,5-6,11H,4,7H2,1-2H3. The third-order valence-corrected chi connectivity index (χ3v) is 1.85. The van der Waals surface area contributed by atoms with Crippen LogP contribution in [0.1, 0.15) is 20.3 Å². The highest BCUT2D eigenvalue weighted by Crippen LogP contribution is 2.16. The van der Waals surface area contributed by atoms with E-state index in [0.29, 0.717) is 0 Å². The Morgan fingerprint density at radius 3 is 2.73 bits per heavy atom. The van der Waals surface area contributed by atoms with Gasteiger partial charge in [-0.05, 0) is 26.3 Å². The Labute approximate surface area is 66.7 Å². The monoisotopic (exact) mass is 154 g/mol. The summed E-state index contributed by atoms with van der Waals surface area (Å²) in [5.41, 5.74) is -0.0712. The molecule has 11 heavy (non-hydrogen) atoms. The van der Waals surface area contributed by atoms with Gasteiger partial charge in [0.2, 0.25) is 0 Å². The smallest absolute Gasteiger partial charge is 0.0593 e. The van der Waals surface area contributed by atoms with E-state index in [4.69, 9.17) is 5.11 Å². The average molecular weight is 154 g/mol. The summed E-state index contributed by atoms with van der Waals surface area (Å²) in [6, 6.07) is 1.89. The zero-order valence-electron chi connectivity index (χ0n) is 6.99. The number of aliphatic hydroxyl groups excluding tert-OH is 1. The molecule has 0 aliphatic rings. The normalized spacial score (nSPS) is 11.9. The fourth-order valence-electron chi connectivity index (χ4n) is 1.02. The molecule has 0 saturated heterocycles. The second kappa shape index (κ2) is 3.05. The maximum absolute atomic E-state index is 8.76. The zero-order valence-corrected chi connectivity index (χ0v) is 6.99. The van der Waals surface area contributed by atoms with Crippen molar-refractivity contribution in [3.05, 3.63) is 18.5 Å². The zero-order chi connectivity index (χ0) is 8.32. The average Bonchev–Trinajstić information content (AvgIpc) is 2.37. The fraction of sp³-hybridized carbons (Fsp3) is 0.625. The van der Waals surface area contributed by atoms with Gasteiger partial charge in [0.25, 0.3) is 0 Å². The third kappa shape index (κ3) is 1.80. The number of aromatic nitrogens is 2. The molecule has 0 bridgehead atoms. The van der Waals surface area contributed by atoms with Crippen molar-refractivity contribution in [2.24, 2.45) is 0 Å². The Kier molecular flexibility index (Phi) is 2.29. The maximum atomic E-state index is 8.76. The van der Waals surface area contributed by atoms with E-state index in [9.17, 15) is 0 Å². The van der Waals surface area contributed by atoms with Gasteiger partial charge in [-0.25, -0.2) is 0 Å². The number of aliphatic hydroxyl groups is 1. The van der Waals surface area contributed by atoms with Crippen LogP contribution in [0.5, 0.6) is 0 Å². The first-order valence-corrected chi connectivity index (χ1v) is 3.78. The van der Waals surface area contributed by atoms with Crippen LogP contribution in [0.2, 0.25) is 0 Å². The molecule has 0 spiro atoms. The Balaban J connectivity index is 2.73. The first-order valence-electron chi connectivity index (χ1n) is 3.78. The van der Waals surface area contributed by atoms with E-state index in [1.807, 2.05) is 16.9 Å². The lowest BCUT2D eigenvalue weighted by Crippen LogP contribution is -2.27. The summed E-state index contributed by atoms with van der Waals surface area (Å²) in [4.78, 5) is 0. The van der Waals surface area contributed by atoms with Crippen molar-refractivity contribution in [3.63, 3.8) is 0 Å². The topological polar surface area (TPSA) is 38.0 Å². The summed E-state index contributed by atoms with van der Waals surface area (Å²) < 4.78 is 1.86. The molecule has 0 aliphatic heterocycles. The van der Waals surface area contributed by atoms with Crippen LogP contribution in [0.4, 0.5) is 0 Å². The minimum absolute atomic E-state index is 0.0712. The highest BCUT2D eigenvalue weighted by molar-refractivity contribution is 4.85. The van der Waals surface area contributed by atoms with Crippen LogP contribution in [0, 0.1) is 0 Å². The molecule has 1 aromatic rings. The minimum atomic E-state index is -0.0712. The van der Waals surface area contributed by atoms with Crippen LogP contribution >= 0.6 is 0 Å². The van der Waals surface area contributed by atoms with Gasteiger partial charge in [0.05, 0.1) is 5.54 Å². The van der Waals surface area contributed by atoms with E-state index in [-0.39, 0.29) is 12.1 Å². The highest BCUT2D eigenvalue weighted by Gasteiger charge is 2.18. The van der Waals surface area contributed by atoms with Gasteiger partial charge in [-0.15, -0.1) is 0 Å². The van der Waals surface area contributed by atoms with E-state index >= 15 is 0 Å². The molecule has 1 N–H and O–H groups in total. The first kappa shape index (κ1) is 8.27. The lowest BCUT2D eigenvalue weighted by molar-refractivity contribution is 0.201. The molecule has 1 heterocycles. The molecule has 1 aromatic heterocycles. The molecule has 62 valence electrons. The fourth-order valence-corrected chi connectivity index (χ4v) is 1.02. The summed E-state index contributed by atoms with van der Waals surface area (Å²) in [5, 5.41) is 12.9. The van der Waals surface area contributed by atoms with E-state index in [1.165, 1.54) is 0 Å². The number of nitrogens with zero attached hydrogens (tertiary/aromatic N) is 2.